The number of fused-ring (bicyclic) bond motifs is 1. The highest BCUT2D eigenvalue weighted by molar-refractivity contribution is 5.93. The van der Waals surface area contributed by atoms with E-state index in [4.69, 9.17) is 9.47 Å². The summed E-state index contributed by atoms with van der Waals surface area (Å²) in [6.45, 7) is 1.54. The molecule has 2 aromatic rings. The predicted octanol–water partition coefficient (Wildman–Crippen LogP) is 2.34. The normalized spacial score (nSPS) is 28.1. The molecule has 160 valence electrons. The van der Waals surface area contributed by atoms with Crippen molar-refractivity contribution in [3.05, 3.63) is 77.9 Å². The quantitative estimate of drug-likeness (QED) is 0.701. The zero-order valence-corrected chi connectivity index (χ0v) is 17.5. The number of likely N-dealkylation sites (tertiary alicyclic amines) is 1. The molecule has 0 saturated carbocycles. The molecule has 1 N–H and O–H groups in total. The lowest BCUT2D eigenvalue weighted by Crippen LogP contribution is -2.44. The van der Waals surface area contributed by atoms with Crippen molar-refractivity contribution in [3.8, 4) is 5.75 Å². The molecule has 0 aromatic heterocycles. The smallest absolute Gasteiger partial charge is 0.230 e. The first-order valence-electron chi connectivity index (χ1n) is 10.7. The Bertz CT molecular complexity index is 1000. The number of hydrogen-bond donors (Lipinski definition) is 1. The third-order valence-electron chi connectivity index (χ3n) is 6.62. The van der Waals surface area contributed by atoms with Crippen LogP contribution in [0.1, 0.15) is 11.1 Å². The van der Waals surface area contributed by atoms with Crippen LogP contribution in [-0.4, -0.2) is 48.6 Å². The molecule has 3 aliphatic heterocycles. The minimum Gasteiger partial charge on any atom is -0.497 e. The Balaban J connectivity index is 1.25. The number of benzene rings is 2. The number of amides is 2. The molecule has 6 heteroatoms. The van der Waals surface area contributed by atoms with Gasteiger partial charge in [-0.15, -0.1) is 0 Å². The molecule has 3 unspecified atom stereocenters. The van der Waals surface area contributed by atoms with Gasteiger partial charge in [-0.1, -0.05) is 54.6 Å². The maximum atomic E-state index is 13.3. The Morgan fingerprint density at radius 3 is 2.68 bits per heavy atom. The summed E-state index contributed by atoms with van der Waals surface area (Å²) in [6.07, 6.45) is 4.40. The number of methoxy groups -OCH3 is 1. The van der Waals surface area contributed by atoms with Gasteiger partial charge in [-0.3, -0.25) is 9.59 Å². The van der Waals surface area contributed by atoms with Crippen LogP contribution in [0.5, 0.6) is 5.75 Å². The first-order chi connectivity index (χ1) is 15.1. The highest BCUT2D eigenvalue weighted by atomic mass is 16.5. The van der Waals surface area contributed by atoms with Crippen molar-refractivity contribution in [2.24, 2.45) is 11.8 Å². The van der Waals surface area contributed by atoms with Crippen molar-refractivity contribution in [2.75, 3.05) is 20.2 Å². The highest BCUT2D eigenvalue weighted by Gasteiger charge is 2.66. The van der Waals surface area contributed by atoms with Crippen LogP contribution in [0.2, 0.25) is 0 Å². The summed E-state index contributed by atoms with van der Waals surface area (Å²) in [6, 6.07) is 17.7. The van der Waals surface area contributed by atoms with Gasteiger partial charge in [0, 0.05) is 13.1 Å². The zero-order chi connectivity index (χ0) is 21.4. The molecular weight excluding hydrogens is 392 g/mol. The van der Waals surface area contributed by atoms with E-state index in [1.807, 2.05) is 59.5 Å². The zero-order valence-electron chi connectivity index (χ0n) is 17.5. The van der Waals surface area contributed by atoms with Gasteiger partial charge in [0.05, 0.1) is 31.6 Å². The van der Waals surface area contributed by atoms with E-state index in [9.17, 15) is 9.59 Å². The molecule has 0 radical (unpaired) electrons. The molecule has 2 bridgehead atoms. The number of hydrogen-bond acceptors (Lipinski definition) is 4. The second kappa shape index (κ2) is 7.85. The fraction of sp³-hybridized carbons (Fsp3) is 0.360. The first-order valence-corrected chi connectivity index (χ1v) is 10.7. The van der Waals surface area contributed by atoms with Crippen molar-refractivity contribution < 1.29 is 19.1 Å². The van der Waals surface area contributed by atoms with E-state index in [1.54, 1.807) is 7.11 Å². The minimum atomic E-state index is -0.666. The third-order valence-corrected chi connectivity index (χ3v) is 6.62. The summed E-state index contributed by atoms with van der Waals surface area (Å²) in [5, 5.41) is 3.00. The van der Waals surface area contributed by atoms with Gasteiger partial charge in [-0.05, 0) is 29.7 Å². The van der Waals surface area contributed by atoms with Crippen molar-refractivity contribution in [3.63, 3.8) is 0 Å². The standard InChI is InChI=1S/C25H26N2O4/c1-30-19-9-7-18(8-10-19)15-26-23(28)21-20-11-13-25(31-20)16-27(24(29)22(21)25)14-12-17-5-3-2-4-6-17/h2-11,13,20-22H,12,14-16H2,1H3,(H,26,28)/t20-,21?,22?,25?/m1/s1. The van der Waals surface area contributed by atoms with E-state index >= 15 is 0 Å². The number of ether oxygens (including phenoxy) is 2. The van der Waals surface area contributed by atoms with Gasteiger partial charge in [-0.25, -0.2) is 0 Å². The molecule has 2 aromatic carbocycles. The van der Waals surface area contributed by atoms with Crippen LogP contribution in [-0.2, 0) is 27.3 Å². The number of carbonyl (C=O) groups is 2. The van der Waals surface area contributed by atoms with Crippen LogP contribution < -0.4 is 10.1 Å². The maximum absolute atomic E-state index is 13.3. The summed E-state index contributed by atoms with van der Waals surface area (Å²) in [5.41, 5.74) is 1.51. The lowest BCUT2D eigenvalue weighted by Gasteiger charge is -2.23. The highest BCUT2D eigenvalue weighted by Crippen LogP contribution is 2.51. The van der Waals surface area contributed by atoms with Crippen LogP contribution in [0.25, 0.3) is 0 Å². The molecule has 1 spiro atoms. The van der Waals surface area contributed by atoms with Crippen LogP contribution in [0.15, 0.2) is 66.7 Å². The molecular formula is C25H26N2O4. The lowest BCUT2D eigenvalue weighted by molar-refractivity contribution is -0.137. The van der Waals surface area contributed by atoms with Gasteiger partial charge in [0.15, 0.2) is 0 Å². The number of nitrogens with zero attached hydrogens (tertiary/aromatic N) is 1. The second-order valence-corrected chi connectivity index (χ2v) is 8.46. The van der Waals surface area contributed by atoms with Gasteiger partial charge in [0.1, 0.15) is 11.4 Å². The molecule has 2 fully saturated rings. The largest absolute Gasteiger partial charge is 0.497 e. The van der Waals surface area contributed by atoms with Gasteiger partial charge < -0.3 is 19.7 Å². The number of nitrogens with one attached hydrogen (secondary N) is 1. The van der Waals surface area contributed by atoms with E-state index in [2.05, 4.69) is 17.4 Å². The van der Waals surface area contributed by atoms with Crippen LogP contribution in [0, 0.1) is 11.8 Å². The molecule has 3 aliphatic rings. The van der Waals surface area contributed by atoms with Crippen LogP contribution in [0.3, 0.4) is 0 Å². The molecule has 2 amide bonds. The summed E-state index contributed by atoms with van der Waals surface area (Å²) < 4.78 is 11.4. The topological polar surface area (TPSA) is 67.9 Å². The monoisotopic (exact) mass is 418 g/mol. The summed E-state index contributed by atoms with van der Waals surface area (Å²) in [7, 11) is 1.62. The van der Waals surface area contributed by atoms with Gasteiger partial charge >= 0.3 is 0 Å². The minimum absolute atomic E-state index is 0.0207. The van der Waals surface area contributed by atoms with Crippen LogP contribution >= 0.6 is 0 Å². The molecule has 6 nitrogen and oxygen atoms in total. The van der Waals surface area contributed by atoms with Gasteiger partial charge in [-0.2, -0.15) is 0 Å². The third kappa shape index (κ3) is 3.51. The molecule has 4 atom stereocenters. The first kappa shape index (κ1) is 19.8. The summed E-state index contributed by atoms with van der Waals surface area (Å²) in [4.78, 5) is 28.2. The lowest BCUT2D eigenvalue weighted by atomic mass is 9.77. The van der Waals surface area contributed by atoms with E-state index in [-0.39, 0.29) is 17.9 Å². The predicted molar refractivity (Wildman–Crippen MR) is 115 cm³/mol. The van der Waals surface area contributed by atoms with Gasteiger partial charge in [0.2, 0.25) is 11.8 Å². The fourth-order valence-corrected chi connectivity index (χ4v) is 5.03. The van der Waals surface area contributed by atoms with E-state index in [0.717, 1.165) is 17.7 Å². The molecule has 31 heavy (non-hydrogen) atoms. The SMILES string of the molecule is COc1ccc(CNC(=O)C2C3C(=O)N(CCc4ccccc4)CC34C=C[C@H]2O4)cc1. The molecule has 0 aliphatic carbocycles. The fourth-order valence-electron chi connectivity index (χ4n) is 5.03. The van der Waals surface area contributed by atoms with E-state index < -0.39 is 17.4 Å². The van der Waals surface area contributed by atoms with E-state index in [1.165, 1.54) is 5.56 Å². The number of carbonyl (C=O) groups excluding carboxylic acids is 2. The molecule has 5 rings (SSSR count). The Morgan fingerprint density at radius 2 is 1.94 bits per heavy atom. The van der Waals surface area contributed by atoms with Gasteiger partial charge in [0.25, 0.3) is 0 Å². The Kier molecular flexibility index (Phi) is 5.02. The Morgan fingerprint density at radius 1 is 1.16 bits per heavy atom. The van der Waals surface area contributed by atoms with Crippen molar-refractivity contribution in [1.82, 2.24) is 10.2 Å². The van der Waals surface area contributed by atoms with Crippen molar-refractivity contribution in [2.45, 2.75) is 24.7 Å². The van der Waals surface area contributed by atoms with Crippen molar-refractivity contribution in [1.29, 1.82) is 0 Å². The molecule has 3 heterocycles. The second-order valence-electron chi connectivity index (χ2n) is 8.46. The summed E-state index contributed by atoms with van der Waals surface area (Å²) in [5.74, 6) is -0.273. The van der Waals surface area contributed by atoms with E-state index in [0.29, 0.717) is 19.6 Å². The molecule has 2 saturated heterocycles. The summed E-state index contributed by atoms with van der Waals surface area (Å²) >= 11 is 0. The maximum Gasteiger partial charge on any atom is 0.230 e. The average Bonchev–Trinajstić information content (AvgIpc) is 3.45. The number of rotatable bonds is 7. The Labute approximate surface area is 181 Å². The average molecular weight is 418 g/mol. The van der Waals surface area contributed by atoms with Crippen LogP contribution in [0.4, 0.5) is 0 Å². The Hall–Kier alpha value is -3.12. The van der Waals surface area contributed by atoms with Crippen molar-refractivity contribution >= 4 is 11.8 Å².